The van der Waals surface area contributed by atoms with Gasteiger partial charge in [0.1, 0.15) is 0 Å². The molecule has 24 heavy (non-hydrogen) atoms. The maximum atomic E-state index is 13.4. The van der Waals surface area contributed by atoms with Gasteiger partial charge in [-0.25, -0.2) is 4.98 Å². The Bertz CT molecular complexity index is 612. The molecule has 1 amide bonds. The van der Waals surface area contributed by atoms with Crippen molar-refractivity contribution in [3.05, 3.63) is 11.1 Å². The third kappa shape index (κ3) is 2.39. The van der Waals surface area contributed by atoms with Gasteiger partial charge in [-0.2, -0.15) is 0 Å². The largest absolute Gasteiger partial charge is 0.345 e. The molecule has 5 fully saturated rings. The van der Waals surface area contributed by atoms with Gasteiger partial charge in [-0.3, -0.25) is 4.79 Å². The van der Waals surface area contributed by atoms with Gasteiger partial charge in [0, 0.05) is 31.6 Å². The number of carbonyl (C=O) groups is 1. The minimum atomic E-state index is 0.0225. The van der Waals surface area contributed by atoms with E-state index in [0.717, 1.165) is 54.8 Å². The van der Waals surface area contributed by atoms with Gasteiger partial charge in [0.05, 0.1) is 11.1 Å². The molecule has 1 aromatic heterocycles. The summed E-state index contributed by atoms with van der Waals surface area (Å²) in [4.78, 5) is 22.5. The van der Waals surface area contributed by atoms with E-state index < -0.39 is 0 Å². The highest BCUT2D eigenvalue weighted by Crippen LogP contribution is 2.60. The zero-order valence-corrected chi connectivity index (χ0v) is 15.4. The standard InChI is InChI=1S/C19H27N3OS/c1-13-12-24-18(20-13)22-4-2-21(3-5-22)17(23)19-9-14-6-15(10-19)8-16(7-14)11-19/h12,14-16H,2-11H2,1H3. The molecular weight excluding hydrogens is 318 g/mol. The molecule has 1 saturated heterocycles. The highest BCUT2D eigenvalue weighted by atomic mass is 32.1. The van der Waals surface area contributed by atoms with E-state index in [0.29, 0.717) is 5.91 Å². The van der Waals surface area contributed by atoms with Crippen LogP contribution < -0.4 is 4.90 Å². The lowest BCUT2D eigenvalue weighted by Crippen LogP contribution is -2.58. The molecule has 0 spiro atoms. The summed E-state index contributed by atoms with van der Waals surface area (Å²) in [7, 11) is 0. The Morgan fingerprint density at radius 3 is 2.17 bits per heavy atom. The molecule has 5 heteroatoms. The monoisotopic (exact) mass is 345 g/mol. The predicted octanol–water partition coefficient (Wildman–Crippen LogP) is 3.32. The van der Waals surface area contributed by atoms with Gasteiger partial charge in [0.15, 0.2) is 5.13 Å². The van der Waals surface area contributed by atoms with Crippen LogP contribution in [0.3, 0.4) is 0 Å². The topological polar surface area (TPSA) is 36.4 Å². The van der Waals surface area contributed by atoms with E-state index in [4.69, 9.17) is 0 Å². The highest BCUT2D eigenvalue weighted by Gasteiger charge is 2.55. The zero-order valence-electron chi connectivity index (χ0n) is 14.5. The van der Waals surface area contributed by atoms with Crippen LogP contribution in [0, 0.1) is 30.1 Å². The fourth-order valence-electron chi connectivity index (χ4n) is 6.30. The van der Waals surface area contributed by atoms with Crippen LogP contribution in [0.15, 0.2) is 5.38 Å². The molecule has 4 aliphatic carbocycles. The Morgan fingerprint density at radius 2 is 1.67 bits per heavy atom. The van der Waals surface area contributed by atoms with Crippen molar-refractivity contribution in [2.24, 2.45) is 23.2 Å². The Kier molecular flexibility index (Phi) is 3.45. The second kappa shape index (κ2) is 5.45. The smallest absolute Gasteiger partial charge is 0.228 e. The number of aromatic nitrogens is 1. The third-order valence-electron chi connectivity index (χ3n) is 6.94. The van der Waals surface area contributed by atoms with Crippen LogP contribution >= 0.6 is 11.3 Å². The first-order chi connectivity index (χ1) is 11.6. The quantitative estimate of drug-likeness (QED) is 0.825. The molecule has 4 saturated carbocycles. The normalized spacial score (nSPS) is 38.0. The molecule has 0 aromatic carbocycles. The van der Waals surface area contributed by atoms with Crippen LogP contribution in [-0.4, -0.2) is 42.0 Å². The number of hydrogen-bond acceptors (Lipinski definition) is 4. The van der Waals surface area contributed by atoms with Gasteiger partial charge in [-0.15, -0.1) is 11.3 Å². The molecule has 0 N–H and O–H groups in total. The number of nitrogens with zero attached hydrogens (tertiary/aromatic N) is 3. The average molecular weight is 346 g/mol. The number of thiazole rings is 1. The van der Waals surface area contributed by atoms with Gasteiger partial charge in [-0.1, -0.05) is 0 Å². The van der Waals surface area contributed by atoms with Gasteiger partial charge < -0.3 is 9.80 Å². The summed E-state index contributed by atoms with van der Waals surface area (Å²) in [6.45, 7) is 5.67. The molecule has 6 rings (SSSR count). The fourth-order valence-corrected chi connectivity index (χ4v) is 7.15. The van der Waals surface area contributed by atoms with Gasteiger partial charge in [0.25, 0.3) is 0 Å². The van der Waals surface area contributed by atoms with Crippen molar-refractivity contribution in [2.45, 2.75) is 45.4 Å². The average Bonchev–Trinajstić information content (AvgIpc) is 3.00. The minimum Gasteiger partial charge on any atom is -0.345 e. The number of anilines is 1. The molecule has 5 aliphatic rings. The van der Waals surface area contributed by atoms with Crippen molar-refractivity contribution in [3.8, 4) is 0 Å². The van der Waals surface area contributed by atoms with Crippen molar-refractivity contribution in [2.75, 3.05) is 31.1 Å². The SMILES string of the molecule is Cc1csc(N2CCN(C(=O)C34CC5CC(CC(C5)C3)C4)CC2)n1. The summed E-state index contributed by atoms with van der Waals surface area (Å²) in [5.74, 6) is 3.04. The molecule has 0 unspecified atom stereocenters. The van der Waals surface area contributed by atoms with E-state index >= 15 is 0 Å². The van der Waals surface area contributed by atoms with Crippen molar-refractivity contribution in [1.29, 1.82) is 0 Å². The summed E-state index contributed by atoms with van der Waals surface area (Å²) in [5, 5.41) is 3.23. The van der Waals surface area contributed by atoms with E-state index in [9.17, 15) is 4.79 Å². The minimum absolute atomic E-state index is 0.0225. The van der Waals surface area contributed by atoms with Crippen molar-refractivity contribution in [3.63, 3.8) is 0 Å². The molecule has 4 nitrogen and oxygen atoms in total. The molecule has 2 heterocycles. The van der Waals surface area contributed by atoms with Gasteiger partial charge in [-0.05, 0) is 63.2 Å². The number of hydrogen-bond donors (Lipinski definition) is 0. The van der Waals surface area contributed by atoms with E-state index in [2.05, 4.69) is 20.2 Å². The van der Waals surface area contributed by atoms with Crippen LogP contribution in [0.4, 0.5) is 5.13 Å². The number of rotatable bonds is 2. The summed E-state index contributed by atoms with van der Waals surface area (Å²) in [6, 6.07) is 0. The molecule has 1 aliphatic heterocycles. The molecule has 0 atom stereocenters. The lowest BCUT2D eigenvalue weighted by Gasteiger charge is -2.57. The molecular formula is C19H27N3OS. The van der Waals surface area contributed by atoms with Gasteiger partial charge in [0.2, 0.25) is 5.91 Å². The Hall–Kier alpha value is -1.10. The van der Waals surface area contributed by atoms with E-state index in [1.807, 2.05) is 6.92 Å². The van der Waals surface area contributed by atoms with Crippen LogP contribution in [0.25, 0.3) is 0 Å². The number of aryl methyl sites for hydroxylation is 1. The molecule has 4 bridgehead atoms. The lowest BCUT2D eigenvalue weighted by molar-refractivity contribution is -0.158. The fraction of sp³-hybridized carbons (Fsp3) is 0.789. The Balaban J connectivity index is 1.27. The van der Waals surface area contributed by atoms with E-state index in [-0.39, 0.29) is 5.41 Å². The lowest BCUT2D eigenvalue weighted by atomic mass is 9.49. The van der Waals surface area contributed by atoms with Crippen LogP contribution in [0.1, 0.15) is 44.2 Å². The first-order valence-electron chi connectivity index (χ1n) is 9.58. The van der Waals surface area contributed by atoms with Crippen molar-refractivity contribution >= 4 is 22.4 Å². The van der Waals surface area contributed by atoms with Crippen LogP contribution in [0.5, 0.6) is 0 Å². The van der Waals surface area contributed by atoms with Gasteiger partial charge >= 0.3 is 0 Å². The van der Waals surface area contributed by atoms with Crippen molar-refractivity contribution in [1.82, 2.24) is 9.88 Å². The maximum Gasteiger partial charge on any atom is 0.228 e. The summed E-state index contributed by atoms with van der Waals surface area (Å²) in [6.07, 6.45) is 7.77. The highest BCUT2D eigenvalue weighted by molar-refractivity contribution is 7.13. The second-order valence-electron chi connectivity index (χ2n) is 8.75. The van der Waals surface area contributed by atoms with Crippen LogP contribution in [0.2, 0.25) is 0 Å². The first kappa shape index (κ1) is 15.2. The van der Waals surface area contributed by atoms with Crippen molar-refractivity contribution < 1.29 is 4.79 Å². The predicted molar refractivity (Wildman–Crippen MR) is 96.2 cm³/mol. The van der Waals surface area contributed by atoms with E-state index in [1.165, 1.54) is 38.5 Å². The summed E-state index contributed by atoms with van der Waals surface area (Å²) >= 11 is 1.72. The Morgan fingerprint density at radius 1 is 1.08 bits per heavy atom. The first-order valence-corrected chi connectivity index (χ1v) is 10.5. The summed E-state index contributed by atoms with van der Waals surface area (Å²) in [5.41, 5.74) is 1.12. The summed E-state index contributed by atoms with van der Waals surface area (Å²) < 4.78 is 0. The maximum absolute atomic E-state index is 13.4. The molecule has 0 radical (unpaired) electrons. The molecule has 130 valence electrons. The number of amides is 1. The number of carbonyl (C=O) groups excluding carboxylic acids is 1. The zero-order chi connectivity index (χ0) is 16.3. The third-order valence-corrected chi connectivity index (χ3v) is 7.96. The number of piperazine rings is 1. The Labute approximate surface area is 148 Å². The van der Waals surface area contributed by atoms with E-state index in [1.54, 1.807) is 11.3 Å². The van der Waals surface area contributed by atoms with Crippen LogP contribution in [-0.2, 0) is 4.79 Å². The second-order valence-corrected chi connectivity index (χ2v) is 9.59. The molecule has 1 aromatic rings.